The molecule has 0 aliphatic carbocycles. The third-order valence-electron chi connectivity index (χ3n) is 4.64. The minimum atomic E-state index is -0.0380. The Morgan fingerprint density at radius 1 is 1.21 bits per heavy atom. The van der Waals surface area contributed by atoms with Crippen LogP contribution in [-0.4, -0.2) is 61.6 Å². The average Bonchev–Trinajstić information content (AvgIpc) is 2.64. The zero-order valence-electron chi connectivity index (χ0n) is 13.9. The van der Waals surface area contributed by atoms with Crippen LogP contribution in [0.2, 0.25) is 0 Å². The van der Waals surface area contributed by atoms with E-state index < -0.39 is 0 Å². The molecular formula is C18H25N3O3. The van der Waals surface area contributed by atoms with Gasteiger partial charge in [-0.25, -0.2) is 0 Å². The van der Waals surface area contributed by atoms with Gasteiger partial charge in [-0.05, 0) is 25.0 Å². The van der Waals surface area contributed by atoms with E-state index in [2.05, 4.69) is 10.6 Å². The lowest BCUT2D eigenvalue weighted by Gasteiger charge is -2.34. The van der Waals surface area contributed by atoms with Gasteiger partial charge in [0.1, 0.15) is 0 Å². The van der Waals surface area contributed by atoms with Crippen LogP contribution in [0.3, 0.4) is 0 Å². The number of amides is 2. The van der Waals surface area contributed by atoms with Gasteiger partial charge in [0.2, 0.25) is 5.91 Å². The Morgan fingerprint density at radius 2 is 1.96 bits per heavy atom. The van der Waals surface area contributed by atoms with E-state index in [0.29, 0.717) is 31.7 Å². The van der Waals surface area contributed by atoms with Gasteiger partial charge in [0.05, 0.1) is 13.2 Å². The number of likely N-dealkylation sites (tertiary alicyclic amines) is 1. The van der Waals surface area contributed by atoms with E-state index in [0.717, 1.165) is 26.0 Å². The second-order valence-electron chi connectivity index (χ2n) is 6.42. The largest absolute Gasteiger partial charge is 0.378 e. The summed E-state index contributed by atoms with van der Waals surface area (Å²) in [6.45, 7) is 3.54. The van der Waals surface area contributed by atoms with E-state index in [1.807, 2.05) is 35.2 Å². The van der Waals surface area contributed by atoms with Crippen molar-refractivity contribution < 1.29 is 14.3 Å². The Hall–Kier alpha value is -1.92. The molecule has 3 rings (SSSR count). The number of rotatable bonds is 4. The highest BCUT2D eigenvalue weighted by Crippen LogP contribution is 2.13. The summed E-state index contributed by atoms with van der Waals surface area (Å²) >= 11 is 0. The van der Waals surface area contributed by atoms with Gasteiger partial charge >= 0.3 is 0 Å². The second kappa shape index (κ2) is 8.26. The zero-order valence-corrected chi connectivity index (χ0v) is 13.9. The van der Waals surface area contributed by atoms with Gasteiger partial charge in [-0.1, -0.05) is 18.2 Å². The maximum Gasteiger partial charge on any atom is 0.251 e. The lowest BCUT2D eigenvalue weighted by molar-refractivity contribution is -0.133. The minimum absolute atomic E-state index is 0.0380. The van der Waals surface area contributed by atoms with Crippen molar-refractivity contribution in [2.75, 3.05) is 32.8 Å². The number of nitrogens with one attached hydrogen (secondary N) is 2. The summed E-state index contributed by atoms with van der Waals surface area (Å²) in [5, 5.41) is 6.38. The van der Waals surface area contributed by atoms with Gasteiger partial charge in [0.15, 0.2) is 0 Å². The summed E-state index contributed by atoms with van der Waals surface area (Å²) < 4.78 is 5.39. The standard InChI is InChI=1S/C18H25N3O3/c22-17(12-16-13-24-11-8-19-16)21-9-6-15(7-10-21)20-18(23)14-4-2-1-3-5-14/h1-5,15-16,19H,6-13H2,(H,20,23). The number of benzene rings is 1. The Morgan fingerprint density at radius 3 is 2.62 bits per heavy atom. The highest BCUT2D eigenvalue weighted by atomic mass is 16.5. The number of nitrogens with zero attached hydrogens (tertiary/aromatic N) is 1. The normalized spacial score (nSPS) is 22.2. The maximum atomic E-state index is 12.4. The summed E-state index contributed by atoms with van der Waals surface area (Å²) in [5.41, 5.74) is 0.680. The summed E-state index contributed by atoms with van der Waals surface area (Å²) in [6, 6.07) is 9.51. The van der Waals surface area contributed by atoms with Gasteiger partial charge in [-0.2, -0.15) is 0 Å². The summed E-state index contributed by atoms with van der Waals surface area (Å²) in [5.74, 6) is 0.134. The van der Waals surface area contributed by atoms with Crippen LogP contribution in [0.4, 0.5) is 0 Å². The number of piperidine rings is 1. The van der Waals surface area contributed by atoms with Gasteiger partial charge in [0.25, 0.3) is 5.91 Å². The third-order valence-corrected chi connectivity index (χ3v) is 4.64. The number of carbonyl (C=O) groups excluding carboxylic acids is 2. The molecule has 1 aromatic rings. The molecule has 0 saturated carbocycles. The van der Waals surface area contributed by atoms with Crippen LogP contribution < -0.4 is 10.6 Å². The molecule has 6 heteroatoms. The average molecular weight is 331 g/mol. The molecule has 2 aliphatic heterocycles. The number of morpholine rings is 1. The lowest BCUT2D eigenvalue weighted by Crippen LogP contribution is -2.49. The van der Waals surface area contributed by atoms with Crippen LogP contribution in [0, 0.1) is 0 Å². The third kappa shape index (κ3) is 4.55. The summed E-state index contributed by atoms with van der Waals surface area (Å²) in [4.78, 5) is 26.4. The fourth-order valence-electron chi connectivity index (χ4n) is 3.22. The Balaban J connectivity index is 1.42. The van der Waals surface area contributed by atoms with Gasteiger partial charge in [0, 0.05) is 43.7 Å². The Kier molecular flexibility index (Phi) is 5.82. The molecule has 0 bridgehead atoms. The van der Waals surface area contributed by atoms with E-state index in [9.17, 15) is 9.59 Å². The smallest absolute Gasteiger partial charge is 0.251 e. The van der Waals surface area contributed by atoms with Gasteiger partial charge in [-0.15, -0.1) is 0 Å². The molecule has 130 valence electrons. The molecule has 6 nitrogen and oxygen atoms in total. The van der Waals surface area contributed by atoms with Gasteiger partial charge < -0.3 is 20.3 Å². The first-order valence-corrected chi connectivity index (χ1v) is 8.67. The van der Waals surface area contributed by atoms with E-state index in [4.69, 9.17) is 4.74 Å². The summed E-state index contributed by atoms with van der Waals surface area (Å²) in [7, 11) is 0. The second-order valence-corrected chi connectivity index (χ2v) is 6.42. The van der Waals surface area contributed by atoms with E-state index in [-0.39, 0.29) is 23.9 Å². The predicted molar refractivity (Wildman–Crippen MR) is 90.7 cm³/mol. The van der Waals surface area contributed by atoms with E-state index in [1.165, 1.54) is 0 Å². The number of hydrogen-bond donors (Lipinski definition) is 2. The van der Waals surface area contributed by atoms with Crippen molar-refractivity contribution in [1.29, 1.82) is 0 Å². The molecule has 1 atom stereocenters. The van der Waals surface area contributed by atoms with Crippen molar-refractivity contribution in [2.45, 2.75) is 31.3 Å². The molecule has 2 saturated heterocycles. The SMILES string of the molecule is O=C(NC1CCN(C(=O)CC2COCCN2)CC1)c1ccccc1. The lowest BCUT2D eigenvalue weighted by atomic mass is 10.0. The summed E-state index contributed by atoms with van der Waals surface area (Å²) in [6.07, 6.45) is 2.10. The first kappa shape index (κ1) is 16.9. The zero-order chi connectivity index (χ0) is 16.8. The van der Waals surface area contributed by atoms with Crippen molar-refractivity contribution in [3.63, 3.8) is 0 Å². The Bertz CT molecular complexity index is 550. The molecule has 2 amide bonds. The van der Waals surface area contributed by atoms with Crippen LogP contribution in [0.1, 0.15) is 29.6 Å². The molecule has 1 aromatic carbocycles. The monoisotopic (exact) mass is 331 g/mol. The molecule has 2 aliphatic rings. The van der Waals surface area contributed by atoms with Crippen molar-refractivity contribution in [3.05, 3.63) is 35.9 Å². The molecular weight excluding hydrogens is 306 g/mol. The molecule has 2 heterocycles. The van der Waals surface area contributed by atoms with Crippen molar-refractivity contribution in [3.8, 4) is 0 Å². The molecule has 2 fully saturated rings. The van der Waals surface area contributed by atoms with Crippen molar-refractivity contribution >= 4 is 11.8 Å². The number of ether oxygens (including phenoxy) is 1. The minimum Gasteiger partial charge on any atom is -0.378 e. The van der Waals surface area contributed by atoms with Crippen LogP contribution in [-0.2, 0) is 9.53 Å². The van der Waals surface area contributed by atoms with Crippen LogP contribution in [0.15, 0.2) is 30.3 Å². The maximum absolute atomic E-state index is 12.4. The van der Waals surface area contributed by atoms with E-state index >= 15 is 0 Å². The van der Waals surface area contributed by atoms with Gasteiger partial charge in [-0.3, -0.25) is 9.59 Å². The van der Waals surface area contributed by atoms with Crippen LogP contribution in [0.5, 0.6) is 0 Å². The molecule has 24 heavy (non-hydrogen) atoms. The molecule has 2 N–H and O–H groups in total. The fourth-order valence-corrected chi connectivity index (χ4v) is 3.22. The van der Waals surface area contributed by atoms with Crippen LogP contribution in [0.25, 0.3) is 0 Å². The Labute approximate surface area is 142 Å². The van der Waals surface area contributed by atoms with E-state index in [1.54, 1.807) is 0 Å². The number of hydrogen-bond acceptors (Lipinski definition) is 4. The highest BCUT2D eigenvalue weighted by Gasteiger charge is 2.26. The van der Waals surface area contributed by atoms with Crippen molar-refractivity contribution in [2.24, 2.45) is 0 Å². The first-order valence-electron chi connectivity index (χ1n) is 8.67. The highest BCUT2D eigenvalue weighted by molar-refractivity contribution is 5.94. The van der Waals surface area contributed by atoms with Crippen LogP contribution >= 0.6 is 0 Å². The topological polar surface area (TPSA) is 70.7 Å². The molecule has 0 aromatic heterocycles. The van der Waals surface area contributed by atoms with Crippen molar-refractivity contribution in [1.82, 2.24) is 15.5 Å². The molecule has 1 unspecified atom stereocenters. The number of carbonyl (C=O) groups is 2. The first-order chi connectivity index (χ1) is 11.7. The predicted octanol–water partition coefficient (Wildman–Crippen LogP) is 0.786. The quantitative estimate of drug-likeness (QED) is 0.856. The molecule has 0 spiro atoms. The molecule has 0 radical (unpaired) electrons. The fraction of sp³-hybridized carbons (Fsp3) is 0.556.